The Morgan fingerprint density at radius 2 is 2.05 bits per heavy atom. The van der Waals surface area contributed by atoms with Gasteiger partial charge < -0.3 is 11.5 Å². The Morgan fingerprint density at radius 3 is 2.58 bits per heavy atom. The van der Waals surface area contributed by atoms with Crippen LogP contribution in [0.5, 0.6) is 0 Å². The molecular formula is C11H15N3O3S2. The van der Waals surface area contributed by atoms with Crippen LogP contribution in [-0.2, 0) is 20.6 Å². The number of thiocarbonyl (C=S) groups is 1. The van der Waals surface area contributed by atoms with Crippen LogP contribution in [0.3, 0.4) is 0 Å². The zero-order chi connectivity index (χ0) is 14.6. The van der Waals surface area contributed by atoms with Gasteiger partial charge in [-0.2, -0.15) is 0 Å². The molecule has 0 aliphatic rings. The number of hydrogen-bond acceptors (Lipinski definition) is 4. The van der Waals surface area contributed by atoms with Gasteiger partial charge in [0.15, 0.2) is 0 Å². The van der Waals surface area contributed by atoms with E-state index in [1.165, 1.54) is 6.92 Å². The summed E-state index contributed by atoms with van der Waals surface area (Å²) in [4.78, 5) is 11.0. The Kier molecular flexibility index (Phi) is 4.98. The Hall–Kier alpha value is -1.51. The van der Waals surface area contributed by atoms with E-state index in [2.05, 4.69) is 4.72 Å². The van der Waals surface area contributed by atoms with Gasteiger partial charge in [0.25, 0.3) is 0 Å². The van der Waals surface area contributed by atoms with Crippen molar-refractivity contribution in [2.24, 2.45) is 11.5 Å². The maximum Gasteiger partial charge on any atom is 0.235 e. The summed E-state index contributed by atoms with van der Waals surface area (Å²) in [5.74, 6) is -1.01. The first-order valence-electron chi connectivity index (χ1n) is 5.39. The lowest BCUT2D eigenvalue weighted by Gasteiger charge is -2.11. The van der Waals surface area contributed by atoms with E-state index in [0.29, 0.717) is 11.1 Å². The Labute approximate surface area is 117 Å². The van der Waals surface area contributed by atoms with Crippen LogP contribution in [0.2, 0.25) is 0 Å². The molecule has 1 rings (SSSR count). The summed E-state index contributed by atoms with van der Waals surface area (Å²) < 4.78 is 25.8. The molecule has 6 nitrogen and oxygen atoms in total. The molecule has 0 spiro atoms. The topological polar surface area (TPSA) is 115 Å². The first-order valence-corrected chi connectivity index (χ1v) is 7.45. The maximum absolute atomic E-state index is 11.8. The molecule has 0 heterocycles. The Morgan fingerprint density at radius 1 is 1.42 bits per heavy atom. The number of amides is 1. The lowest BCUT2D eigenvalue weighted by Crippen LogP contribution is -2.42. The molecule has 0 saturated carbocycles. The van der Waals surface area contributed by atoms with E-state index in [4.69, 9.17) is 23.7 Å². The van der Waals surface area contributed by atoms with E-state index >= 15 is 0 Å². The van der Waals surface area contributed by atoms with E-state index in [1.54, 1.807) is 24.3 Å². The number of primary amides is 1. The Bertz CT molecular complexity index is 599. The summed E-state index contributed by atoms with van der Waals surface area (Å²) in [6.07, 6.45) is 0. The zero-order valence-electron chi connectivity index (χ0n) is 10.3. The number of rotatable bonds is 6. The van der Waals surface area contributed by atoms with Gasteiger partial charge in [-0.25, -0.2) is 13.1 Å². The molecule has 0 fully saturated rings. The zero-order valence-corrected chi connectivity index (χ0v) is 11.9. The van der Waals surface area contributed by atoms with E-state index in [0.717, 1.165) is 0 Å². The van der Waals surface area contributed by atoms with Crippen molar-refractivity contribution in [3.8, 4) is 0 Å². The fourth-order valence-corrected chi connectivity index (χ4v) is 2.89. The predicted molar refractivity (Wildman–Crippen MR) is 76.7 cm³/mol. The van der Waals surface area contributed by atoms with E-state index in [-0.39, 0.29) is 10.7 Å². The SMILES string of the molecule is CC(NS(=O)(=O)Cc1cccc(C(N)=S)c1)C(N)=O. The molecule has 0 bridgehead atoms. The lowest BCUT2D eigenvalue weighted by atomic mass is 10.1. The summed E-state index contributed by atoms with van der Waals surface area (Å²) in [6.45, 7) is 1.38. The fraction of sp³-hybridized carbons (Fsp3) is 0.273. The van der Waals surface area contributed by atoms with Gasteiger partial charge in [0.2, 0.25) is 15.9 Å². The average Bonchev–Trinajstić information content (AvgIpc) is 2.27. The summed E-state index contributed by atoms with van der Waals surface area (Å²) in [5.41, 5.74) is 11.6. The molecule has 0 aliphatic carbocycles. The van der Waals surface area contributed by atoms with Gasteiger partial charge in [0.05, 0.1) is 11.8 Å². The maximum atomic E-state index is 11.8. The summed E-state index contributed by atoms with van der Waals surface area (Å²) in [6, 6.07) is 5.63. The van der Waals surface area contributed by atoms with Gasteiger partial charge in [0, 0.05) is 5.56 Å². The third-order valence-corrected chi connectivity index (χ3v) is 4.01. The van der Waals surface area contributed by atoms with Crippen molar-refractivity contribution in [2.75, 3.05) is 0 Å². The second kappa shape index (κ2) is 6.09. The van der Waals surface area contributed by atoms with Crippen molar-refractivity contribution in [3.63, 3.8) is 0 Å². The number of carbonyl (C=O) groups is 1. The van der Waals surface area contributed by atoms with Crippen molar-refractivity contribution in [1.82, 2.24) is 4.72 Å². The van der Waals surface area contributed by atoms with Crippen molar-refractivity contribution in [1.29, 1.82) is 0 Å². The summed E-state index contributed by atoms with van der Waals surface area (Å²) >= 11 is 4.82. The minimum atomic E-state index is -3.66. The predicted octanol–water partition coefficient (Wildman–Crippen LogP) is -0.386. The molecule has 0 aromatic heterocycles. The molecule has 0 radical (unpaired) electrons. The quantitative estimate of drug-likeness (QED) is 0.619. The molecule has 8 heteroatoms. The van der Waals surface area contributed by atoms with Crippen LogP contribution in [0.4, 0.5) is 0 Å². The largest absolute Gasteiger partial charge is 0.389 e. The van der Waals surface area contributed by atoms with Crippen molar-refractivity contribution in [3.05, 3.63) is 35.4 Å². The summed E-state index contributed by atoms with van der Waals surface area (Å²) in [5, 5.41) is 0. The van der Waals surface area contributed by atoms with Crippen LogP contribution < -0.4 is 16.2 Å². The van der Waals surface area contributed by atoms with Gasteiger partial charge in [0.1, 0.15) is 4.99 Å². The molecular weight excluding hydrogens is 286 g/mol. The van der Waals surface area contributed by atoms with Gasteiger partial charge in [-0.3, -0.25) is 4.79 Å². The molecule has 1 aromatic rings. The second-order valence-corrected chi connectivity index (χ2v) is 6.26. The van der Waals surface area contributed by atoms with Crippen molar-refractivity contribution in [2.45, 2.75) is 18.7 Å². The standard InChI is InChI=1S/C11H15N3O3S2/c1-7(10(12)15)14-19(16,17)6-8-3-2-4-9(5-8)11(13)18/h2-5,7,14H,6H2,1H3,(H2,12,15)(H2,13,18). The highest BCUT2D eigenvalue weighted by atomic mass is 32.2. The monoisotopic (exact) mass is 301 g/mol. The van der Waals surface area contributed by atoms with Gasteiger partial charge in [-0.15, -0.1) is 0 Å². The molecule has 1 aromatic carbocycles. The van der Waals surface area contributed by atoms with E-state index < -0.39 is 22.0 Å². The van der Waals surface area contributed by atoms with E-state index in [9.17, 15) is 13.2 Å². The molecule has 1 amide bonds. The number of carbonyl (C=O) groups excluding carboxylic acids is 1. The van der Waals surface area contributed by atoms with Crippen LogP contribution in [0.25, 0.3) is 0 Å². The first-order chi connectivity index (χ1) is 8.71. The average molecular weight is 301 g/mol. The molecule has 0 aliphatic heterocycles. The van der Waals surface area contributed by atoms with Gasteiger partial charge in [-0.1, -0.05) is 30.4 Å². The van der Waals surface area contributed by atoms with Crippen LogP contribution in [0, 0.1) is 0 Å². The van der Waals surface area contributed by atoms with Crippen molar-refractivity contribution >= 4 is 33.1 Å². The number of sulfonamides is 1. The third-order valence-electron chi connectivity index (χ3n) is 2.35. The third kappa shape index (κ3) is 4.93. The van der Waals surface area contributed by atoms with Crippen LogP contribution in [-0.4, -0.2) is 25.4 Å². The Balaban J connectivity index is 2.87. The first kappa shape index (κ1) is 15.5. The number of nitrogens with one attached hydrogen (secondary N) is 1. The number of hydrogen-bond donors (Lipinski definition) is 3. The molecule has 1 unspecified atom stereocenters. The van der Waals surface area contributed by atoms with E-state index in [1.807, 2.05) is 0 Å². The number of benzene rings is 1. The fourth-order valence-electron chi connectivity index (χ4n) is 1.40. The van der Waals surface area contributed by atoms with Crippen molar-refractivity contribution < 1.29 is 13.2 Å². The summed E-state index contributed by atoms with van der Waals surface area (Å²) in [7, 11) is -3.66. The minimum absolute atomic E-state index is 0.192. The molecule has 5 N–H and O–H groups in total. The molecule has 19 heavy (non-hydrogen) atoms. The molecule has 0 saturated heterocycles. The van der Waals surface area contributed by atoms with Crippen LogP contribution in [0.1, 0.15) is 18.1 Å². The minimum Gasteiger partial charge on any atom is -0.389 e. The smallest absolute Gasteiger partial charge is 0.235 e. The van der Waals surface area contributed by atoms with Gasteiger partial charge in [-0.05, 0) is 18.6 Å². The highest BCUT2D eigenvalue weighted by Crippen LogP contribution is 2.09. The normalized spacial score (nSPS) is 12.9. The molecule has 104 valence electrons. The second-order valence-electron chi connectivity index (χ2n) is 4.07. The number of nitrogens with two attached hydrogens (primary N) is 2. The van der Waals surface area contributed by atoms with Gasteiger partial charge >= 0.3 is 0 Å². The highest BCUT2D eigenvalue weighted by molar-refractivity contribution is 7.88. The van der Waals surface area contributed by atoms with Crippen LogP contribution in [0.15, 0.2) is 24.3 Å². The van der Waals surface area contributed by atoms with Crippen LogP contribution >= 0.6 is 12.2 Å². The lowest BCUT2D eigenvalue weighted by molar-refractivity contribution is -0.119. The molecule has 1 atom stereocenters. The highest BCUT2D eigenvalue weighted by Gasteiger charge is 2.18.